The second kappa shape index (κ2) is 6.75. The first kappa shape index (κ1) is 16.2. The first-order chi connectivity index (χ1) is 10.4. The first-order valence-electron chi connectivity index (χ1n) is 6.92. The fourth-order valence-corrected chi connectivity index (χ4v) is 3.17. The first-order valence-corrected chi connectivity index (χ1v) is 8.40. The Labute approximate surface area is 130 Å². The normalized spacial score (nSPS) is 11.2. The van der Waals surface area contributed by atoms with Crippen LogP contribution < -0.4 is 4.72 Å². The SMILES string of the molecule is C=CCCc1c(F)cccc1NS(=O)(=O)c1ccc(C)cc1. The van der Waals surface area contributed by atoms with Gasteiger partial charge < -0.3 is 0 Å². The van der Waals surface area contributed by atoms with Crippen molar-refractivity contribution in [3.63, 3.8) is 0 Å². The zero-order valence-electron chi connectivity index (χ0n) is 12.3. The summed E-state index contributed by atoms with van der Waals surface area (Å²) < 4.78 is 41.2. The van der Waals surface area contributed by atoms with Crippen LogP contribution in [0.1, 0.15) is 17.5 Å². The van der Waals surface area contributed by atoms with Crippen molar-refractivity contribution in [2.45, 2.75) is 24.7 Å². The molecule has 0 fully saturated rings. The van der Waals surface area contributed by atoms with E-state index in [0.717, 1.165) is 5.56 Å². The number of aryl methyl sites for hydroxylation is 1. The minimum Gasteiger partial charge on any atom is -0.279 e. The van der Waals surface area contributed by atoms with Gasteiger partial charge in [0, 0.05) is 5.56 Å². The number of sulfonamides is 1. The van der Waals surface area contributed by atoms with Crippen LogP contribution in [-0.2, 0) is 16.4 Å². The lowest BCUT2D eigenvalue weighted by molar-refractivity contribution is 0.600. The van der Waals surface area contributed by atoms with Crippen LogP contribution >= 0.6 is 0 Å². The van der Waals surface area contributed by atoms with Crippen LogP contribution in [0.5, 0.6) is 0 Å². The molecular weight excluding hydrogens is 301 g/mol. The van der Waals surface area contributed by atoms with Crippen molar-refractivity contribution in [1.29, 1.82) is 0 Å². The Morgan fingerprint density at radius 1 is 1.18 bits per heavy atom. The van der Waals surface area contributed by atoms with Crippen LogP contribution in [0.4, 0.5) is 10.1 Å². The van der Waals surface area contributed by atoms with Crippen molar-refractivity contribution in [2.75, 3.05) is 4.72 Å². The smallest absolute Gasteiger partial charge is 0.261 e. The summed E-state index contributed by atoms with van der Waals surface area (Å²) in [5.74, 6) is -0.425. The van der Waals surface area contributed by atoms with E-state index in [0.29, 0.717) is 18.4 Å². The number of hydrogen-bond acceptors (Lipinski definition) is 2. The lowest BCUT2D eigenvalue weighted by atomic mass is 10.1. The summed E-state index contributed by atoms with van der Waals surface area (Å²) in [6, 6.07) is 10.9. The maximum Gasteiger partial charge on any atom is 0.261 e. The highest BCUT2D eigenvalue weighted by Crippen LogP contribution is 2.24. The molecule has 1 N–H and O–H groups in total. The molecule has 0 atom stereocenters. The molecule has 0 saturated carbocycles. The Bertz CT molecular complexity index is 768. The van der Waals surface area contributed by atoms with Crippen molar-refractivity contribution in [1.82, 2.24) is 0 Å². The quantitative estimate of drug-likeness (QED) is 0.816. The van der Waals surface area contributed by atoms with Gasteiger partial charge in [-0.2, -0.15) is 0 Å². The molecule has 2 rings (SSSR count). The highest BCUT2D eigenvalue weighted by molar-refractivity contribution is 7.92. The minimum atomic E-state index is -3.74. The van der Waals surface area contributed by atoms with E-state index in [4.69, 9.17) is 0 Å². The Balaban J connectivity index is 2.35. The maximum atomic E-state index is 13.9. The number of benzene rings is 2. The van der Waals surface area contributed by atoms with Crippen molar-refractivity contribution in [3.05, 3.63) is 72.1 Å². The Morgan fingerprint density at radius 3 is 2.50 bits per heavy atom. The highest BCUT2D eigenvalue weighted by atomic mass is 32.2. The summed E-state index contributed by atoms with van der Waals surface area (Å²) in [6.07, 6.45) is 2.63. The van der Waals surface area contributed by atoms with Crippen molar-refractivity contribution in [3.8, 4) is 0 Å². The Morgan fingerprint density at radius 2 is 1.86 bits per heavy atom. The maximum absolute atomic E-state index is 13.9. The van der Waals surface area contributed by atoms with Gasteiger partial charge in [0.25, 0.3) is 10.0 Å². The van der Waals surface area contributed by atoms with E-state index in [1.807, 2.05) is 6.92 Å². The Hall–Kier alpha value is -2.14. The fourth-order valence-electron chi connectivity index (χ4n) is 2.08. The molecule has 0 bridgehead atoms. The molecule has 0 radical (unpaired) electrons. The molecule has 0 aliphatic carbocycles. The van der Waals surface area contributed by atoms with Gasteiger partial charge >= 0.3 is 0 Å². The molecule has 0 saturated heterocycles. The van der Waals surface area contributed by atoms with E-state index in [1.54, 1.807) is 24.3 Å². The summed E-state index contributed by atoms with van der Waals surface area (Å²) in [7, 11) is -3.74. The molecule has 116 valence electrons. The molecule has 0 aromatic heterocycles. The van der Waals surface area contributed by atoms with E-state index in [-0.39, 0.29) is 10.6 Å². The van der Waals surface area contributed by atoms with E-state index in [1.165, 1.54) is 24.3 Å². The lowest BCUT2D eigenvalue weighted by Gasteiger charge is -2.13. The monoisotopic (exact) mass is 319 g/mol. The van der Waals surface area contributed by atoms with Crippen molar-refractivity contribution >= 4 is 15.7 Å². The minimum absolute atomic E-state index is 0.150. The van der Waals surface area contributed by atoms with Crippen LogP contribution in [0.15, 0.2) is 60.0 Å². The van der Waals surface area contributed by atoms with Gasteiger partial charge in [0.05, 0.1) is 10.6 Å². The number of allylic oxidation sites excluding steroid dienone is 1. The van der Waals surface area contributed by atoms with Gasteiger partial charge in [-0.3, -0.25) is 4.72 Å². The predicted octanol–water partition coefficient (Wildman–Crippen LogP) is 4.05. The number of nitrogens with one attached hydrogen (secondary N) is 1. The molecule has 0 aliphatic rings. The van der Waals surface area contributed by atoms with Gasteiger partial charge in [0.1, 0.15) is 5.82 Å². The fraction of sp³-hybridized carbons (Fsp3) is 0.176. The summed E-state index contributed by atoms with van der Waals surface area (Å²) >= 11 is 0. The van der Waals surface area contributed by atoms with Crippen molar-refractivity contribution < 1.29 is 12.8 Å². The topological polar surface area (TPSA) is 46.2 Å². The molecule has 2 aromatic rings. The average molecular weight is 319 g/mol. The molecule has 5 heteroatoms. The molecule has 0 aliphatic heterocycles. The molecule has 22 heavy (non-hydrogen) atoms. The molecule has 2 aromatic carbocycles. The Kier molecular flexibility index (Phi) is 4.98. The standard InChI is InChI=1S/C17H18FNO2S/c1-3-4-6-15-16(18)7-5-8-17(15)19-22(20,21)14-11-9-13(2)10-12-14/h3,5,7-12,19H,1,4,6H2,2H3. The number of rotatable bonds is 6. The van der Waals surface area contributed by atoms with Gasteiger partial charge in [0.2, 0.25) is 0 Å². The average Bonchev–Trinajstić information content (AvgIpc) is 2.47. The van der Waals surface area contributed by atoms with E-state index in [9.17, 15) is 12.8 Å². The van der Waals surface area contributed by atoms with E-state index in [2.05, 4.69) is 11.3 Å². The molecule has 3 nitrogen and oxygen atoms in total. The van der Waals surface area contributed by atoms with Gasteiger partial charge in [-0.25, -0.2) is 12.8 Å². The van der Waals surface area contributed by atoms with Gasteiger partial charge in [-0.1, -0.05) is 29.8 Å². The van der Waals surface area contributed by atoms with Gasteiger partial charge in [-0.05, 0) is 44.0 Å². The third-order valence-corrected chi connectivity index (χ3v) is 4.67. The van der Waals surface area contributed by atoms with Crippen LogP contribution in [0.3, 0.4) is 0 Å². The molecular formula is C17H18FNO2S. The summed E-state index contributed by atoms with van der Waals surface area (Å²) in [5, 5.41) is 0. The molecule has 0 heterocycles. The molecule has 0 spiro atoms. The second-order valence-corrected chi connectivity index (χ2v) is 6.69. The summed E-state index contributed by atoms with van der Waals surface area (Å²) in [4.78, 5) is 0.150. The zero-order valence-corrected chi connectivity index (χ0v) is 13.2. The van der Waals surface area contributed by atoms with E-state index < -0.39 is 15.8 Å². The molecule has 0 amide bonds. The number of anilines is 1. The summed E-state index contributed by atoms with van der Waals surface area (Å²) in [6.45, 7) is 5.48. The highest BCUT2D eigenvalue weighted by Gasteiger charge is 2.17. The largest absolute Gasteiger partial charge is 0.279 e. The third kappa shape index (κ3) is 3.74. The number of halogens is 1. The lowest BCUT2D eigenvalue weighted by Crippen LogP contribution is -2.14. The zero-order chi connectivity index (χ0) is 16.2. The number of hydrogen-bond donors (Lipinski definition) is 1. The van der Waals surface area contributed by atoms with Crippen LogP contribution in [0.2, 0.25) is 0 Å². The van der Waals surface area contributed by atoms with Crippen LogP contribution in [0.25, 0.3) is 0 Å². The summed E-state index contributed by atoms with van der Waals surface area (Å²) in [5.41, 5.74) is 1.58. The predicted molar refractivity (Wildman–Crippen MR) is 86.9 cm³/mol. The van der Waals surface area contributed by atoms with Crippen LogP contribution in [0, 0.1) is 12.7 Å². The third-order valence-electron chi connectivity index (χ3n) is 3.29. The van der Waals surface area contributed by atoms with Gasteiger partial charge in [0.15, 0.2) is 0 Å². The van der Waals surface area contributed by atoms with E-state index >= 15 is 0 Å². The van der Waals surface area contributed by atoms with Gasteiger partial charge in [-0.15, -0.1) is 6.58 Å². The van der Waals surface area contributed by atoms with Crippen molar-refractivity contribution in [2.24, 2.45) is 0 Å². The van der Waals surface area contributed by atoms with Crippen LogP contribution in [-0.4, -0.2) is 8.42 Å². The second-order valence-electron chi connectivity index (χ2n) is 5.01. The molecule has 0 unspecified atom stereocenters.